The van der Waals surface area contributed by atoms with Crippen LogP contribution in [0.3, 0.4) is 0 Å². The van der Waals surface area contributed by atoms with Crippen LogP contribution in [0, 0.1) is 12.8 Å². The zero-order valence-electron chi connectivity index (χ0n) is 10.8. The Morgan fingerprint density at radius 2 is 2.24 bits per heavy atom. The Hall–Kier alpha value is -0.870. The first-order chi connectivity index (χ1) is 8.09. The number of H-pyrrole nitrogens is 1. The molecule has 1 aromatic heterocycles. The summed E-state index contributed by atoms with van der Waals surface area (Å²) in [4.78, 5) is 0. The van der Waals surface area contributed by atoms with E-state index >= 15 is 0 Å². The minimum atomic E-state index is -0.496. The van der Waals surface area contributed by atoms with Gasteiger partial charge in [0.15, 0.2) is 0 Å². The molecule has 17 heavy (non-hydrogen) atoms. The molecule has 0 radical (unpaired) electrons. The first-order valence-electron chi connectivity index (χ1n) is 6.51. The van der Waals surface area contributed by atoms with Gasteiger partial charge in [0.2, 0.25) is 0 Å². The number of hydrogen-bond acceptors (Lipinski definition) is 3. The normalized spacial score (nSPS) is 29.5. The summed E-state index contributed by atoms with van der Waals surface area (Å²) in [7, 11) is 0. The molecule has 0 aliphatic heterocycles. The zero-order valence-corrected chi connectivity index (χ0v) is 10.8. The van der Waals surface area contributed by atoms with Crippen molar-refractivity contribution in [2.75, 3.05) is 6.54 Å². The Kier molecular flexibility index (Phi) is 3.84. The van der Waals surface area contributed by atoms with Crippen LogP contribution in [0.15, 0.2) is 6.20 Å². The lowest BCUT2D eigenvalue weighted by Crippen LogP contribution is -2.43. The van der Waals surface area contributed by atoms with E-state index in [0.717, 1.165) is 43.8 Å². The Morgan fingerprint density at radius 3 is 2.82 bits per heavy atom. The second kappa shape index (κ2) is 5.19. The number of aryl methyl sites for hydroxylation is 1. The van der Waals surface area contributed by atoms with E-state index < -0.39 is 5.60 Å². The van der Waals surface area contributed by atoms with Gasteiger partial charge in [-0.15, -0.1) is 0 Å². The molecule has 0 bridgehead atoms. The van der Waals surface area contributed by atoms with E-state index in [0.29, 0.717) is 6.54 Å². The average molecular weight is 237 g/mol. The van der Waals surface area contributed by atoms with Crippen LogP contribution >= 0.6 is 0 Å². The summed E-state index contributed by atoms with van der Waals surface area (Å²) in [5.74, 6) is 0.770. The summed E-state index contributed by atoms with van der Waals surface area (Å²) in [6.07, 6.45) is 5.97. The molecule has 0 atom stereocenters. The minimum Gasteiger partial charge on any atom is -0.389 e. The van der Waals surface area contributed by atoms with Crippen molar-refractivity contribution in [1.82, 2.24) is 15.5 Å². The maximum absolute atomic E-state index is 10.4. The highest BCUT2D eigenvalue weighted by molar-refractivity contribution is 5.13. The van der Waals surface area contributed by atoms with Gasteiger partial charge >= 0.3 is 0 Å². The fourth-order valence-electron chi connectivity index (χ4n) is 2.46. The molecular weight excluding hydrogens is 214 g/mol. The highest BCUT2D eigenvalue weighted by Crippen LogP contribution is 2.31. The van der Waals surface area contributed by atoms with Crippen molar-refractivity contribution in [3.8, 4) is 0 Å². The third-order valence-corrected chi connectivity index (χ3v) is 3.91. The maximum atomic E-state index is 10.4. The Balaban J connectivity index is 1.76. The molecular formula is C13H23N3O. The number of aliphatic hydroxyl groups is 1. The molecule has 0 aromatic carbocycles. The van der Waals surface area contributed by atoms with Crippen LogP contribution in [0.25, 0.3) is 0 Å². The Bertz CT molecular complexity index is 353. The quantitative estimate of drug-likeness (QED) is 0.747. The van der Waals surface area contributed by atoms with Crippen molar-refractivity contribution in [3.63, 3.8) is 0 Å². The molecule has 0 unspecified atom stereocenters. The summed E-state index contributed by atoms with van der Waals surface area (Å²) in [6.45, 7) is 5.74. The highest BCUT2D eigenvalue weighted by Gasteiger charge is 2.31. The van der Waals surface area contributed by atoms with Gasteiger partial charge in [0.25, 0.3) is 0 Å². The molecule has 4 heteroatoms. The van der Waals surface area contributed by atoms with Crippen molar-refractivity contribution in [3.05, 3.63) is 17.5 Å². The second-order valence-electron chi connectivity index (χ2n) is 5.53. The topological polar surface area (TPSA) is 60.9 Å². The van der Waals surface area contributed by atoms with Crippen LogP contribution in [0.1, 0.15) is 43.9 Å². The van der Waals surface area contributed by atoms with E-state index in [2.05, 4.69) is 22.4 Å². The van der Waals surface area contributed by atoms with Gasteiger partial charge in [0.1, 0.15) is 0 Å². The number of aromatic nitrogens is 2. The lowest BCUT2D eigenvalue weighted by Gasteiger charge is -2.35. The van der Waals surface area contributed by atoms with Crippen LogP contribution in [-0.4, -0.2) is 27.4 Å². The summed E-state index contributed by atoms with van der Waals surface area (Å²) < 4.78 is 0. The molecule has 4 nitrogen and oxygen atoms in total. The average Bonchev–Trinajstić information content (AvgIpc) is 2.70. The summed E-state index contributed by atoms with van der Waals surface area (Å²) in [6, 6.07) is 0. The van der Waals surface area contributed by atoms with E-state index in [-0.39, 0.29) is 0 Å². The monoisotopic (exact) mass is 237 g/mol. The predicted octanol–water partition coefficient (Wildman–Crippen LogP) is 1.75. The van der Waals surface area contributed by atoms with Gasteiger partial charge in [-0.3, -0.25) is 5.10 Å². The van der Waals surface area contributed by atoms with Gasteiger partial charge < -0.3 is 10.4 Å². The molecule has 1 heterocycles. The fourth-order valence-corrected chi connectivity index (χ4v) is 2.46. The molecule has 1 saturated carbocycles. The Morgan fingerprint density at radius 1 is 1.53 bits per heavy atom. The summed E-state index contributed by atoms with van der Waals surface area (Å²) in [5.41, 5.74) is 1.78. The summed E-state index contributed by atoms with van der Waals surface area (Å²) >= 11 is 0. The van der Waals surface area contributed by atoms with Gasteiger partial charge in [-0.2, -0.15) is 5.10 Å². The van der Waals surface area contributed by atoms with Gasteiger partial charge in [0, 0.05) is 24.3 Å². The highest BCUT2D eigenvalue weighted by atomic mass is 16.3. The second-order valence-corrected chi connectivity index (χ2v) is 5.53. The molecule has 0 amide bonds. The molecule has 0 saturated heterocycles. The van der Waals surface area contributed by atoms with E-state index in [1.807, 2.05) is 13.1 Å². The number of nitrogens with zero attached hydrogens (tertiary/aromatic N) is 1. The fraction of sp³-hybridized carbons (Fsp3) is 0.769. The molecule has 1 aliphatic carbocycles. The van der Waals surface area contributed by atoms with Crippen LogP contribution in [0.2, 0.25) is 0 Å². The molecule has 3 N–H and O–H groups in total. The van der Waals surface area contributed by atoms with Crippen LogP contribution in [-0.2, 0) is 6.54 Å². The van der Waals surface area contributed by atoms with Gasteiger partial charge in [-0.1, -0.05) is 6.92 Å². The molecule has 1 fully saturated rings. The van der Waals surface area contributed by atoms with Crippen LogP contribution < -0.4 is 5.32 Å². The van der Waals surface area contributed by atoms with Gasteiger partial charge in [-0.05, 0) is 38.5 Å². The SMILES string of the molecule is Cc1[nH]ncc1CNCC1(O)CCC(C)CC1. The lowest BCUT2D eigenvalue weighted by atomic mass is 9.79. The molecule has 1 aliphatic rings. The number of rotatable bonds is 4. The first-order valence-corrected chi connectivity index (χ1v) is 6.51. The molecule has 0 spiro atoms. The number of hydrogen-bond donors (Lipinski definition) is 3. The largest absolute Gasteiger partial charge is 0.389 e. The van der Waals surface area contributed by atoms with Crippen molar-refractivity contribution < 1.29 is 5.11 Å². The predicted molar refractivity (Wildman–Crippen MR) is 67.6 cm³/mol. The van der Waals surface area contributed by atoms with Crippen LogP contribution in [0.5, 0.6) is 0 Å². The molecule has 1 aromatic rings. The Labute approximate surface area is 103 Å². The molecule has 96 valence electrons. The smallest absolute Gasteiger partial charge is 0.0771 e. The number of aromatic amines is 1. The number of nitrogens with one attached hydrogen (secondary N) is 2. The minimum absolute atomic E-state index is 0.496. The standard InChI is InChI=1S/C13H23N3O/c1-10-3-5-13(17,6-4-10)9-14-7-12-8-15-16-11(12)2/h8,10,14,17H,3-7,9H2,1-2H3,(H,15,16). The van der Waals surface area contributed by atoms with Crippen molar-refractivity contribution in [2.45, 2.75) is 51.7 Å². The van der Waals surface area contributed by atoms with Crippen molar-refractivity contribution >= 4 is 0 Å². The maximum Gasteiger partial charge on any atom is 0.0771 e. The van der Waals surface area contributed by atoms with E-state index in [1.165, 1.54) is 5.56 Å². The van der Waals surface area contributed by atoms with E-state index in [9.17, 15) is 5.11 Å². The first kappa shape index (κ1) is 12.6. The lowest BCUT2D eigenvalue weighted by molar-refractivity contribution is -0.00631. The van der Waals surface area contributed by atoms with Crippen molar-refractivity contribution in [1.29, 1.82) is 0 Å². The van der Waals surface area contributed by atoms with Gasteiger partial charge in [-0.25, -0.2) is 0 Å². The summed E-state index contributed by atoms with van der Waals surface area (Å²) in [5, 5.41) is 20.7. The van der Waals surface area contributed by atoms with E-state index in [4.69, 9.17) is 0 Å². The van der Waals surface area contributed by atoms with Crippen LogP contribution in [0.4, 0.5) is 0 Å². The third-order valence-electron chi connectivity index (χ3n) is 3.91. The third kappa shape index (κ3) is 3.30. The zero-order chi connectivity index (χ0) is 12.3. The van der Waals surface area contributed by atoms with Crippen molar-refractivity contribution in [2.24, 2.45) is 5.92 Å². The molecule has 2 rings (SSSR count). The van der Waals surface area contributed by atoms with E-state index in [1.54, 1.807) is 0 Å². The van der Waals surface area contributed by atoms with Gasteiger partial charge in [0.05, 0.1) is 11.8 Å².